The minimum absolute atomic E-state index is 0.548. The summed E-state index contributed by atoms with van der Waals surface area (Å²) in [4.78, 5) is 0. The van der Waals surface area contributed by atoms with Crippen molar-refractivity contribution in [3.05, 3.63) is 138 Å². The Kier molecular flexibility index (Phi) is 7.03. The van der Waals surface area contributed by atoms with E-state index < -0.39 is 0 Å². The first-order chi connectivity index (χ1) is 15.8. The first-order valence-corrected chi connectivity index (χ1v) is 10.5. The fourth-order valence-corrected chi connectivity index (χ4v) is 3.09. The molecule has 0 spiro atoms. The van der Waals surface area contributed by atoms with E-state index in [1.165, 1.54) is 0 Å². The van der Waals surface area contributed by atoms with Crippen LogP contribution < -0.4 is 9.47 Å². The van der Waals surface area contributed by atoms with E-state index in [9.17, 15) is 0 Å². The van der Waals surface area contributed by atoms with Gasteiger partial charge in [-0.25, -0.2) is 0 Å². The van der Waals surface area contributed by atoms with E-state index in [2.05, 4.69) is 18.4 Å². The first kappa shape index (κ1) is 21.0. The zero-order chi connectivity index (χ0) is 22.0. The second-order valence-corrected chi connectivity index (χ2v) is 7.33. The Balaban J connectivity index is 1.30. The minimum atomic E-state index is 0.548. The lowest BCUT2D eigenvalue weighted by atomic mass is 10.1. The zero-order valence-electron chi connectivity index (χ0n) is 17.8. The van der Waals surface area contributed by atoms with Crippen LogP contribution in [-0.4, -0.2) is 0 Å². The van der Waals surface area contributed by atoms with Crippen LogP contribution in [0.3, 0.4) is 0 Å². The van der Waals surface area contributed by atoms with E-state index >= 15 is 0 Å². The van der Waals surface area contributed by atoms with E-state index in [-0.39, 0.29) is 0 Å². The van der Waals surface area contributed by atoms with Crippen LogP contribution in [0.1, 0.15) is 22.3 Å². The summed E-state index contributed by atoms with van der Waals surface area (Å²) < 4.78 is 11.7. The van der Waals surface area contributed by atoms with Crippen LogP contribution in [0.4, 0.5) is 0 Å². The van der Waals surface area contributed by atoms with Crippen molar-refractivity contribution in [2.75, 3.05) is 0 Å². The molecule has 0 aliphatic heterocycles. The zero-order valence-corrected chi connectivity index (χ0v) is 17.8. The Bertz CT molecular complexity index is 1200. The Hall–Kier alpha value is -4.22. The Morgan fingerprint density at radius 3 is 1.56 bits per heavy atom. The Morgan fingerprint density at radius 2 is 1.06 bits per heavy atom. The summed E-state index contributed by atoms with van der Waals surface area (Å²) in [6.07, 6.45) is 0. The van der Waals surface area contributed by atoms with Gasteiger partial charge in [0.2, 0.25) is 0 Å². The van der Waals surface area contributed by atoms with Gasteiger partial charge in [0.1, 0.15) is 24.7 Å². The molecular weight excluding hydrogens is 392 g/mol. The molecule has 2 nitrogen and oxygen atoms in total. The number of hydrogen-bond acceptors (Lipinski definition) is 2. The molecule has 0 aromatic heterocycles. The maximum atomic E-state index is 5.84. The van der Waals surface area contributed by atoms with Crippen molar-refractivity contribution in [2.24, 2.45) is 0 Å². The van der Waals surface area contributed by atoms with Gasteiger partial charge in [-0.2, -0.15) is 0 Å². The van der Waals surface area contributed by atoms with Gasteiger partial charge in [0.15, 0.2) is 0 Å². The van der Waals surface area contributed by atoms with Crippen LogP contribution in [0.25, 0.3) is 5.57 Å². The van der Waals surface area contributed by atoms with Gasteiger partial charge in [0, 0.05) is 11.1 Å². The third-order valence-electron chi connectivity index (χ3n) is 4.91. The van der Waals surface area contributed by atoms with Gasteiger partial charge in [-0.05, 0) is 53.1 Å². The van der Waals surface area contributed by atoms with Crippen LogP contribution in [0.2, 0.25) is 0 Å². The standard InChI is InChI=1S/C30H24O2/c1-24(28-16-20-30(21-17-28)32-23-27-10-6-3-7-11-27)12-13-25-14-18-29(19-15-25)31-22-26-8-4-2-5-9-26/h2-11,14-21H,1,22-23H2. The summed E-state index contributed by atoms with van der Waals surface area (Å²) in [5.74, 6) is 7.96. The highest BCUT2D eigenvalue weighted by molar-refractivity contribution is 5.78. The number of allylic oxidation sites excluding steroid dienone is 1. The first-order valence-electron chi connectivity index (χ1n) is 10.5. The normalized spacial score (nSPS) is 10.0. The molecule has 2 heteroatoms. The van der Waals surface area contributed by atoms with Crippen molar-refractivity contribution in [3.63, 3.8) is 0 Å². The maximum Gasteiger partial charge on any atom is 0.119 e. The summed E-state index contributed by atoms with van der Waals surface area (Å²) in [5.41, 5.74) is 4.95. The molecule has 156 valence electrons. The summed E-state index contributed by atoms with van der Waals surface area (Å²) in [6.45, 7) is 5.20. The molecule has 0 amide bonds. The molecule has 32 heavy (non-hydrogen) atoms. The molecule has 0 aliphatic carbocycles. The fraction of sp³-hybridized carbons (Fsp3) is 0.0667. The van der Waals surface area contributed by atoms with Gasteiger partial charge >= 0.3 is 0 Å². The molecule has 0 heterocycles. The number of rotatable bonds is 7. The van der Waals surface area contributed by atoms with E-state index in [0.717, 1.165) is 39.3 Å². The molecule has 0 bridgehead atoms. The molecule has 0 unspecified atom stereocenters. The van der Waals surface area contributed by atoms with Gasteiger partial charge in [-0.3, -0.25) is 0 Å². The Morgan fingerprint density at radius 1 is 0.594 bits per heavy atom. The molecule has 0 N–H and O–H groups in total. The summed E-state index contributed by atoms with van der Waals surface area (Å²) in [6, 6.07) is 35.9. The largest absolute Gasteiger partial charge is 0.489 e. The van der Waals surface area contributed by atoms with Crippen molar-refractivity contribution in [3.8, 4) is 23.3 Å². The summed E-state index contributed by atoms with van der Waals surface area (Å²) >= 11 is 0. The van der Waals surface area contributed by atoms with E-state index in [4.69, 9.17) is 9.47 Å². The molecule has 0 saturated carbocycles. The lowest BCUT2D eigenvalue weighted by molar-refractivity contribution is 0.306. The van der Waals surface area contributed by atoms with Crippen molar-refractivity contribution in [2.45, 2.75) is 13.2 Å². The molecule has 0 atom stereocenters. The average molecular weight is 417 g/mol. The highest BCUT2D eigenvalue weighted by Crippen LogP contribution is 2.19. The van der Waals surface area contributed by atoms with Crippen molar-refractivity contribution in [1.29, 1.82) is 0 Å². The van der Waals surface area contributed by atoms with Crippen LogP contribution in [0.15, 0.2) is 116 Å². The summed E-state index contributed by atoms with van der Waals surface area (Å²) in [7, 11) is 0. The molecule has 0 aliphatic rings. The second kappa shape index (κ2) is 10.7. The molecule has 0 fully saturated rings. The number of ether oxygens (including phenoxy) is 2. The molecule has 4 aromatic rings. The lowest BCUT2D eigenvalue weighted by Gasteiger charge is -2.07. The van der Waals surface area contributed by atoms with Gasteiger partial charge in [0.25, 0.3) is 0 Å². The molecule has 0 radical (unpaired) electrons. The van der Waals surface area contributed by atoms with Gasteiger partial charge in [-0.15, -0.1) is 0 Å². The molecule has 4 aromatic carbocycles. The lowest BCUT2D eigenvalue weighted by Crippen LogP contribution is -1.95. The highest BCUT2D eigenvalue weighted by Gasteiger charge is 2.00. The van der Waals surface area contributed by atoms with E-state index in [1.54, 1.807) is 0 Å². The van der Waals surface area contributed by atoms with E-state index in [1.807, 2.05) is 109 Å². The molecular formula is C30H24O2. The number of benzene rings is 4. The third kappa shape index (κ3) is 6.14. The average Bonchev–Trinajstić information content (AvgIpc) is 2.87. The van der Waals surface area contributed by atoms with Crippen LogP contribution >= 0.6 is 0 Å². The van der Waals surface area contributed by atoms with Crippen LogP contribution in [0, 0.1) is 11.8 Å². The SMILES string of the molecule is C=C(C#Cc1ccc(OCc2ccccc2)cc1)c1ccc(OCc2ccccc2)cc1. The monoisotopic (exact) mass is 416 g/mol. The predicted octanol–water partition coefficient (Wildman–Crippen LogP) is 6.91. The van der Waals surface area contributed by atoms with Gasteiger partial charge < -0.3 is 9.47 Å². The van der Waals surface area contributed by atoms with Crippen LogP contribution in [-0.2, 0) is 13.2 Å². The summed E-state index contributed by atoms with van der Waals surface area (Å²) in [5, 5.41) is 0. The topological polar surface area (TPSA) is 18.5 Å². The van der Waals surface area contributed by atoms with Crippen molar-refractivity contribution < 1.29 is 9.47 Å². The van der Waals surface area contributed by atoms with Crippen LogP contribution in [0.5, 0.6) is 11.5 Å². The third-order valence-corrected chi connectivity index (χ3v) is 4.91. The second-order valence-electron chi connectivity index (χ2n) is 7.33. The fourth-order valence-electron chi connectivity index (χ4n) is 3.09. The minimum Gasteiger partial charge on any atom is -0.489 e. The van der Waals surface area contributed by atoms with Crippen molar-refractivity contribution in [1.82, 2.24) is 0 Å². The van der Waals surface area contributed by atoms with E-state index in [0.29, 0.717) is 13.2 Å². The maximum absolute atomic E-state index is 5.84. The Labute approximate surface area is 189 Å². The van der Waals surface area contributed by atoms with Gasteiger partial charge in [-0.1, -0.05) is 91.2 Å². The predicted molar refractivity (Wildman–Crippen MR) is 130 cm³/mol. The highest BCUT2D eigenvalue weighted by atomic mass is 16.5. The quantitative estimate of drug-likeness (QED) is 0.305. The molecule has 0 saturated heterocycles. The molecule has 4 rings (SSSR count). The number of hydrogen-bond donors (Lipinski definition) is 0. The smallest absolute Gasteiger partial charge is 0.119 e. The van der Waals surface area contributed by atoms with Crippen molar-refractivity contribution >= 4 is 5.57 Å². The van der Waals surface area contributed by atoms with Gasteiger partial charge in [0.05, 0.1) is 0 Å².